The molecule has 1 aliphatic heterocycles. The predicted octanol–water partition coefficient (Wildman–Crippen LogP) is 1.91. The summed E-state index contributed by atoms with van der Waals surface area (Å²) in [6, 6.07) is 4.60. The van der Waals surface area contributed by atoms with E-state index in [1.54, 1.807) is 11.3 Å². The van der Waals surface area contributed by atoms with Crippen molar-refractivity contribution in [3.8, 4) is 0 Å². The highest BCUT2D eigenvalue weighted by Gasteiger charge is 2.24. The van der Waals surface area contributed by atoms with Crippen LogP contribution in [0.5, 0.6) is 0 Å². The summed E-state index contributed by atoms with van der Waals surface area (Å²) in [6.07, 6.45) is 4.64. The van der Waals surface area contributed by atoms with Crippen LogP contribution in [0.4, 0.5) is 0 Å². The van der Waals surface area contributed by atoms with Crippen molar-refractivity contribution in [3.05, 3.63) is 22.4 Å². The molecule has 0 bridgehead atoms. The number of likely N-dealkylation sites (N-methyl/N-ethyl adjacent to an activating group) is 1. The SMILES string of the molecule is CN(Cc1cccs1)C(=O)CN1CCCCC1CCN. The summed E-state index contributed by atoms with van der Waals surface area (Å²) in [5.74, 6) is 0.210. The summed E-state index contributed by atoms with van der Waals surface area (Å²) >= 11 is 1.70. The third-order valence-electron chi connectivity index (χ3n) is 3.99. The zero-order chi connectivity index (χ0) is 14.4. The molecular weight excluding hydrogens is 270 g/mol. The van der Waals surface area contributed by atoms with E-state index in [4.69, 9.17) is 5.73 Å². The second-order valence-electron chi connectivity index (χ2n) is 5.53. The van der Waals surface area contributed by atoms with Gasteiger partial charge in [-0.15, -0.1) is 11.3 Å². The van der Waals surface area contributed by atoms with Crippen LogP contribution in [-0.4, -0.2) is 48.4 Å². The Morgan fingerprint density at radius 2 is 2.40 bits per heavy atom. The molecule has 5 heteroatoms. The molecule has 2 heterocycles. The van der Waals surface area contributed by atoms with Gasteiger partial charge in [-0.25, -0.2) is 0 Å². The molecule has 2 N–H and O–H groups in total. The van der Waals surface area contributed by atoms with Crippen molar-refractivity contribution in [2.24, 2.45) is 5.73 Å². The van der Waals surface area contributed by atoms with Gasteiger partial charge < -0.3 is 10.6 Å². The molecule has 1 aliphatic rings. The Balaban J connectivity index is 1.85. The molecule has 0 saturated carbocycles. The van der Waals surface area contributed by atoms with Crippen LogP contribution >= 0.6 is 11.3 Å². The molecule has 2 rings (SSSR count). The van der Waals surface area contributed by atoms with Crippen LogP contribution in [0.2, 0.25) is 0 Å². The topological polar surface area (TPSA) is 49.6 Å². The summed E-state index contributed by atoms with van der Waals surface area (Å²) in [7, 11) is 1.89. The molecule has 1 fully saturated rings. The number of carbonyl (C=O) groups is 1. The zero-order valence-electron chi connectivity index (χ0n) is 12.3. The molecule has 0 radical (unpaired) electrons. The molecule has 0 spiro atoms. The minimum Gasteiger partial charge on any atom is -0.340 e. The summed E-state index contributed by atoms with van der Waals surface area (Å²) in [4.78, 5) is 17.7. The summed E-state index contributed by atoms with van der Waals surface area (Å²) in [5.41, 5.74) is 5.68. The number of rotatable bonds is 6. The van der Waals surface area contributed by atoms with Crippen molar-refractivity contribution in [2.45, 2.75) is 38.3 Å². The number of hydrogen-bond donors (Lipinski definition) is 1. The molecule has 20 heavy (non-hydrogen) atoms. The van der Waals surface area contributed by atoms with Crippen molar-refractivity contribution in [2.75, 3.05) is 26.7 Å². The largest absolute Gasteiger partial charge is 0.340 e. The molecule has 1 atom stereocenters. The molecule has 0 aromatic carbocycles. The summed E-state index contributed by atoms with van der Waals surface area (Å²) in [6.45, 7) is 2.99. The van der Waals surface area contributed by atoms with E-state index in [9.17, 15) is 4.79 Å². The van der Waals surface area contributed by atoms with E-state index in [2.05, 4.69) is 16.3 Å². The lowest BCUT2D eigenvalue weighted by Gasteiger charge is -2.36. The van der Waals surface area contributed by atoms with E-state index >= 15 is 0 Å². The number of amides is 1. The van der Waals surface area contributed by atoms with Crippen LogP contribution < -0.4 is 5.73 Å². The van der Waals surface area contributed by atoms with E-state index in [1.165, 1.54) is 24.1 Å². The molecule has 112 valence electrons. The van der Waals surface area contributed by atoms with Crippen LogP contribution in [0.15, 0.2) is 17.5 Å². The van der Waals surface area contributed by atoms with Gasteiger partial charge in [0.1, 0.15) is 0 Å². The van der Waals surface area contributed by atoms with Gasteiger partial charge >= 0.3 is 0 Å². The standard InChI is InChI=1S/C15H25N3OS/c1-17(11-14-6-4-10-20-14)15(19)12-18-9-3-2-5-13(18)7-8-16/h4,6,10,13H,2-3,5,7-9,11-12,16H2,1H3. The zero-order valence-corrected chi connectivity index (χ0v) is 13.1. The van der Waals surface area contributed by atoms with E-state index in [0.717, 1.165) is 13.0 Å². The highest BCUT2D eigenvalue weighted by molar-refractivity contribution is 7.09. The first kappa shape index (κ1) is 15.5. The van der Waals surface area contributed by atoms with E-state index in [-0.39, 0.29) is 5.91 Å². The van der Waals surface area contributed by atoms with Crippen LogP contribution in [-0.2, 0) is 11.3 Å². The molecular formula is C15H25N3OS. The lowest BCUT2D eigenvalue weighted by atomic mass is 9.99. The van der Waals surface area contributed by atoms with Crippen LogP contribution in [0.1, 0.15) is 30.6 Å². The minimum atomic E-state index is 0.210. The monoisotopic (exact) mass is 295 g/mol. The first-order valence-corrected chi connectivity index (χ1v) is 8.29. The Labute approximate surface area is 125 Å². The first-order chi connectivity index (χ1) is 9.70. The van der Waals surface area contributed by atoms with Gasteiger partial charge in [-0.3, -0.25) is 9.69 Å². The molecule has 1 unspecified atom stereocenters. The number of hydrogen-bond acceptors (Lipinski definition) is 4. The highest BCUT2D eigenvalue weighted by atomic mass is 32.1. The fraction of sp³-hybridized carbons (Fsp3) is 0.667. The van der Waals surface area contributed by atoms with Gasteiger partial charge in [0.15, 0.2) is 0 Å². The predicted molar refractivity (Wildman–Crippen MR) is 83.7 cm³/mol. The van der Waals surface area contributed by atoms with Crippen molar-refractivity contribution in [1.29, 1.82) is 0 Å². The van der Waals surface area contributed by atoms with Gasteiger partial charge in [-0.05, 0) is 43.8 Å². The van der Waals surface area contributed by atoms with Crippen molar-refractivity contribution >= 4 is 17.2 Å². The summed E-state index contributed by atoms with van der Waals surface area (Å²) < 4.78 is 0. The maximum Gasteiger partial charge on any atom is 0.236 e. The molecule has 1 amide bonds. The van der Waals surface area contributed by atoms with E-state index < -0.39 is 0 Å². The Kier molecular flexibility index (Phi) is 6.01. The van der Waals surface area contributed by atoms with Gasteiger partial charge in [0.2, 0.25) is 5.91 Å². The first-order valence-electron chi connectivity index (χ1n) is 7.41. The van der Waals surface area contributed by atoms with Crippen LogP contribution in [0.25, 0.3) is 0 Å². The number of piperidine rings is 1. The van der Waals surface area contributed by atoms with Crippen molar-refractivity contribution in [1.82, 2.24) is 9.80 Å². The second kappa shape index (κ2) is 7.76. The highest BCUT2D eigenvalue weighted by Crippen LogP contribution is 2.19. The van der Waals surface area contributed by atoms with Crippen LogP contribution in [0.3, 0.4) is 0 Å². The molecule has 1 saturated heterocycles. The normalized spacial score (nSPS) is 20.0. The quantitative estimate of drug-likeness (QED) is 0.872. The van der Waals surface area contributed by atoms with E-state index in [0.29, 0.717) is 25.7 Å². The lowest BCUT2D eigenvalue weighted by Crippen LogP contribution is -2.46. The molecule has 1 aromatic rings. The Bertz CT molecular complexity index is 405. The van der Waals surface area contributed by atoms with Gasteiger partial charge in [0, 0.05) is 18.0 Å². The summed E-state index contributed by atoms with van der Waals surface area (Å²) in [5, 5.41) is 2.05. The smallest absolute Gasteiger partial charge is 0.236 e. The number of nitrogens with two attached hydrogens (primary N) is 1. The number of likely N-dealkylation sites (tertiary alicyclic amines) is 1. The van der Waals surface area contributed by atoms with E-state index in [1.807, 2.05) is 18.0 Å². The number of carbonyl (C=O) groups excluding carboxylic acids is 1. The fourth-order valence-corrected chi connectivity index (χ4v) is 3.56. The number of nitrogens with zero attached hydrogens (tertiary/aromatic N) is 2. The van der Waals surface area contributed by atoms with Gasteiger partial charge in [0.05, 0.1) is 13.1 Å². The average molecular weight is 295 g/mol. The maximum absolute atomic E-state index is 12.3. The van der Waals surface area contributed by atoms with Gasteiger partial charge in [-0.1, -0.05) is 12.5 Å². The van der Waals surface area contributed by atoms with Crippen molar-refractivity contribution in [3.63, 3.8) is 0 Å². The average Bonchev–Trinajstić information content (AvgIpc) is 2.94. The van der Waals surface area contributed by atoms with Crippen molar-refractivity contribution < 1.29 is 4.79 Å². The Morgan fingerprint density at radius 1 is 1.55 bits per heavy atom. The maximum atomic E-state index is 12.3. The molecule has 0 aliphatic carbocycles. The Morgan fingerprint density at radius 3 is 3.10 bits per heavy atom. The third kappa shape index (κ3) is 4.30. The lowest BCUT2D eigenvalue weighted by molar-refractivity contribution is -0.132. The van der Waals surface area contributed by atoms with Gasteiger partial charge in [0.25, 0.3) is 0 Å². The van der Waals surface area contributed by atoms with Gasteiger partial charge in [-0.2, -0.15) is 0 Å². The Hall–Kier alpha value is -0.910. The minimum absolute atomic E-state index is 0.210. The second-order valence-corrected chi connectivity index (χ2v) is 6.56. The number of thiophene rings is 1. The molecule has 4 nitrogen and oxygen atoms in total. The van der Waals surface area contributed by atoms with Crippen LogP contribution in [0, 0.1) is 0 Å². The molecule has 1 aromatic heterocycles. The third-order valence-corrected chi connectivity index (χ3v) is 4.85. The fourth-order valence-electron chi connectivity index (χ4n) is 2.81.